The van der Waals surface area contributed by atoms with E-state index in [4.69, 9.17) is 19.8 Å². The topological polar surface area (TPSA) is 129 Å². The molecule has 0 spiro atoms. The summed E-state index contributed by atoms with van der Waals surface area (Å²) in [5, 5.41) is 20.9. The Hall–Kier alpha value is -3.69. The Morgan fingerprint density at radius 1 is 0.839 bits per heavy atom. The number of nitrogens with one attached hydrogen (secondary N) is 2. The summed E-state index contributed by atoms with van der Waals surface area (Å²) in [5.74, 6) is -3.72. The van der Waals surface area contributed by atoms with E-state index in [1.54, 1.807) is 18.0 Å². The molecule has 160 valence electrons. The first kappa shape index (κ1) is 23.6. The van der Waals surface area contributed by atoms with Crippen LogP contribution >= 0.6 is 11.8 Å². The first-order valence-corrected chi connectivity index (χ1v) is 9.96. The Balaban J connectivity index is 0.000000501. The molecule has 0 radical (unpaired) electrons. The molecule has 0 aliphatic rings. The molecule has 8 nitrogen and oxygen atoms in total. The fourth-order valence-electron chi connectivity index (χ4n) is 2.28. The predicted molar refractivity (Wildman–Crippen MR) is 117 cm³/mol. The largest absolute Gasteiger partial charge is 0.473 e. The second-order valence-corrected chi connectivity index (χ2v) is 7.11. The molecule has 1 aromatic heterocycles. The fraction of sp³-hybridized carbons (Fsp3) is 0.0909. The molecule has 1 amide bonds. The van der Waals surface area contributed by atoms with E-state index in [0.29, 0.717) is 6.54 Å². The highest BCUT2D eigenvalue weighted by Gasteiger charge is 2.08. The molecule has 3 aromatic rings. The zero-order valence-electron chi connectivity index (χ0n) is 16.4. The van der Waals surface area contributed by atoms with Crippen molar-refractivity contribution in [3.05, 3.63) is 84.7 Å². The van der Waals surface area contributed by atoms with Gasteiger partial charge in [0.1, 0.15) is 0 Å². The van der Waals surface area contributed by atoms with Crippen molar-refractivity contribution >= 4 is 35.3 Å². The third-order valence-electron chi connectivity index (χ3n) is 3.63. The lowest BCUT2D eigenvalue weighted by atomic mass is 10.3. The van der Waals surface area contributed by atoms with Gasteiger partial charge in [-0.1, -0.05) is 48.2 Å². The van der Waals surface area contributed by atoms with Crippen LogP contribution in [0, 0.1) is 0 Å². The normalized spacial score (nSPS) is 9.81. The summed E-state index contributed by atoms with van der Waals surface area (Å²) in [7, 11) is 0. The molecule has 4 N–H and O–H groups in total. The SMILES string of the molecule is O=C(CNCc1ccccn1)Nc1ccccc1Sc1ccccc1.O=C(O)C(=O)O. The number of aliphatic carboxylic acids is 2. The Morgan fingerprint density at radius 3 is 2.13 bits per heavy atom. The van der Waals surface area contributed by atoms with E-state index in [1.807, 2.05) is 60.7 Å². The van der Waals surface area contributed by atoms with Crippen molar-refractivity contribution in [1.82, 2.24) is 10.3 Å². The number of carbonyl (C=O) groups is 3. The van der Waals surface area contributed by atoms with Gasteiger partial charge >= 0.3 is 11.9 Å². The minimum atomic E-state index is -1.82. The van der Waals surface area contributed by atoms with Crippen LogP contribution in [0.15, 0.2) is 88.8 Å². The first-order valence-electron chi connectivity index (χ1n) is 9.14. The number of anilines is 1. The van der Waals surface area contributed by atoms with Crippen LogP contribution in [0.2, 0.25) is 0 Å². The van der Waals surface area contributed by atoms with Crippen molar-refractivity contribution in [2.75, 3.05) is 11.9 Å². The molecular formula is C22H21N3O5S. The smallest absolute Gasteiger partial charge is 0.414 e. The van der Waals surface area contributed by atoms with Crippen molar-refractivity contribution in [2.45, 2.75) is 16.3 Å². The monoisotopic (exact) mass is 439 g/mol. The number of rotatable bonds is 7. The summed E-state index contributed by atoms with van der Waals surface area (Å²) in [5.41, 5.74) is 1.73. The molecule has 9 heteroatoms. The van der Waals surface area contributed by atoms with E-state index in [-0.39, 0.29) is 12.5 Å². The van der Waals surface area contributed by atoms with Gasteiger partial charge in [0.2, 0.25) is 5.91 Å². The van der Waals surface area contributed by atoms with Gasteiger partial charge in [-0.05, 0) is 36.4 Å². The minimum Gasteiger partial charge on any atom is -0.473 e. The third kappa shape index (κ3) is 9.11. The molecule has 0 bridgehead atoms. The summed E-state index contributed by atoms with van der Waals surface area (Å²) in [6.07, 6.45) is 1.74. The molecule has 0 aliphatic carbocycles. The first-order chi connectivity index (χ1) is 15.0. The number of benzene rings is 2. The van der Waals surface area contributed by atoms with E-state index in [0.717, 1.165) is 21.2 Å². The highest BCUT2D eigenvalue weighted by atomic mass is 32.2. The molecule has 1 heterocycles. The van der Waals surface area contributed by atoms with Crippen LogP contribution in [-0.4, -0.2) is 39.6 Å². The highest BCUT2D eigenvalue weighted by molar-refractivity contribution is 7.99. The number of para-hydroxylation sites is 1. The van der Waals surface area contributed by atoms with Gasteiger partial charge in [0.05, 0.1) is 17.9 Å². The molecule has 0 atom stereocenters. The summed E-state index contributed by atoms with van der Waals surface area (Å²) < 4.78 is 0. The average molecular weight is 439 g/mol. The van der Waals surface area contributed by atoms with E-state index < -0.39 is 11.9 Å². The second kappa shape index (κ2) is 12.8. The van der Waals surface area contributed by atoms with Crippen molar-refractivity contribution < 1.29 is 24.6 Å². The Labute approximate surface area is 183 Å². The zero-order chi connectivity index (χ0) is 22.5. The van der Waals surface area contributed by atoms with Crippen LogP contribution in [0.1, 0.15) is 5.69 Å². The van der Waals surface area contributed by atoms with Crippen molar-refractivity contribution in [3.8, 4) is 0 Å². The number of hydrogen-bond donors (Lipinski definition) is 4. The predicted octanol–water partition coefficient (Wildman–Crippen LogP) is 3.12. The van der Waals surface area contributed by atoms with Gasteiger partial charge in [0, 0.05) is 22.5 Å². The van der Waals surface area contributed by atoms with Gasteiger partial charge in [-0.3, -0.25) is 9.78 Å². The van der Waals surface area contributed by atoms with Gasteiger partial charge < -0.3 is 20.8 Å². The molecular weight excluding hydrogens is 418 g/mol. The number of amides is 1. The third-order valence-corrected chi connectivity index (χ3v) is 4.72. The second-order valence-electron chi connectivity index (χ2n) is 5.99. The number of pyridine rings is 1. The summed E-state index contributed by atoms with van der Waals surface area (Å²) >= 11 is 1.63. The number of carboxylic acid groups (broad SMARTS) is 2. The summed E-state index contributed by atoms with van der Waals surface area (Å²) in [4.78, 5) is 36.8. The number of nitrogens with zero attached hydrogens (tertiary/aromatic N) is 1. The van der Waals surface area contributed by atoms with Crippen LogP contribution in [-0.2, 0) is 20.9 Å². The van der Waals surface area contributed by atoms with Gasteiger partial charge in [-0.2, -0.15) is 0 Å². The highest BCUT2D eigenvalue weighted by Crippen LogP contribution is 2.33. The molecule has 3 rings (SSSR count). The van der Waals surface area contributed by atoms with E-state index >= 15 is 0 Å². The van der Waals surface area contributed by atoms with Crippen LogP contribution in [0.4, 0.5) is 5.69 Å². The fourth-order valence-corrected chi connectivity index (χ4v) is 3.20. The quantitative estimate of drug-likeness (QED) is 0.413. The number of aromatic nitrogens is 1. The standard InChI is InChI=1S/C20H19N3OS.C2H2O4/c24-20(15-21-14-16-8-6-7-13-22-16)23-18-11-4-5-12-19(18)25-17-9-2-1-3-10-17;3-1(4)2(5)6/h1-13,21H,14-15H2,(H,23,24);(H,3,4)(H,5,6). The molecule has 0 saturated heterocycles. The van der Waals surface area contributed by atoms with Crippen LogP contribution in [0.5, 0.6) is 0 Å². The van der Waals surface area contributed by atoms with Crippen LogP contribution < -0.4 is 10.6 Å². The molecule has 0 unspecified atom stereocenters. The lowest BCUT2D eigenvalue weighted by molar-refractivity contribution is -0.159. The molecule has 2 aromatic carbocycles. The van der Waals surface area contributed by atoms with E-state index in [2.05, 4.69) is 27.8 Å². The van der Waals surface area contributed by atoms with Gasteiger partial charge in [0.25, 0.3) is 0 Å². The molecule has 0 saturated carbocycles. The molecule has 0 fully saturated rings. The van der Waals surface area contributed by atoms with Crippen molar-refractivity contribution in [3.63, 3.8) is 0 Å². The maximum absolute atomic E-state index is 12.2. The van der Waals surface area contributed by atoms with E-state index in [1.165, 1.54) is 0 Å². The van der Waals surface area contributed by atoms with Crippen molar-refractivity contribution in [1.29, 1.82) is 0 Å². The molecule has 0 aliphatic heterocycles. The lowest BCUT2D eigenvalue weighted by Gasteiger charge is -2.11. The maximum Gasteiger partial charge on any atom is 0.414 e. The van der Waals surface area contributed by atoms with Gasteiger partial charge in [-0.15, -0.1) is 0 Å². The Morgan fingerprint density at radius 2 is 1.48 bits per heavy atom. The average Bonchev–Trinajstić information content (AvgIpc) is 2.77. The van der Waals surface area contributed by atoms with Crippen LogP contribution in [0.3, 0.4) is 0 Å². The van der Waals surface area contributed by atoms with Crippen molar-refractivity contribution in [2.24, 2.45) is 0 Å². The van der Waals surface area contributed by atoms with Gasteiger partial charge in [0.15, 0.2) is 0 Å². The van der Waals surface area contributed by atoms with Gasteiger partial charge in [-0.25, -0.2) is 9.59 Å². The van der Waals surface area contributed by atoms with E-state index in [9.17, 15) is 4.79 Å². The van der Waals surface area contributed by atoms with Crippen LogP contribution in [0.25, 0.3) is 0 Å². The summed E-state index contributed by atoms with van der Waals surface area (Å²) in [6.45, 7) is 0.801. The number of carbonyl (C=O) groups excluding carboxylic acids is 1. The molecule has 31 heavy (non-hydrogen) atoms. The Kier molecular flexibility index (Phi) is 9.73. The number of carboxylic acids is 2. The lowest BCUT2D eigenvalue weighted by Crippen LogP contribution is -2.28. The number of hydrogen-bond acceptors (Lipinski definition) is 6. The zero-order valence-corrected chi connectivity index (χ0v) is 17.2. The Bertz CT molecular complexity index is 988. The minimum absolute atomic E-state index is 0.0722. The summed E-state index contributed by atoms with van der Waals surface area (Å²) in [6, 6.07) is 23.7. The maximum atomic E-state index is 12.2.